The van der Waals surface area contributed by atoms with Crippen LogP contribution in [0.25, 0.3) is 0 Å². The number of rotatable bonds is 1. The summed E-state index contributed by atoms with van der Waals surface area (Å²) in [5.41, 5.74) is 0. The van der Waals surface area contributed by atoms with Gasteiger partial charge in [0.25, 0.3) is 0 Å². The molecule has 13 heavy (non-hydrogen) atoms. The topological polar surface area (TPSA) is 12.5 Å². The Labute approximate surface area is 82.2 Å². The van der Waals surface area contributed by atoms with Gasteiger partial charge in [0, 0.05) is 6.92 Å². The molecular weight excluding hydrogens is 180 g/mol. The van der Waals surface area contributed by atoms with E-state index in [9.17, 15) is 0 Å². The van der Waals surface area contributed by atoms with Crippen LogP contribution in [0.15, 0.2) is 0 Å². The van der Waals surface area contributed by atoms with Gasteiger partial charge in [0.05, 0.1) is 19.0 Å². The van der Waals surface area contributed by atoms with E-state index in [0.717, 1.165) is 0 Å². The van der Waals surface area contributed by atoms with Crippen LogP contribution < -0.4 is 0 Å². The Balaban J connectivity index is 2.28. The predicted molar refractivity (Wildman–Crippen MR) is 60.8 cm³/mol. The normalized spacial score (nSPS) is 41.0. The maximum atomic E-state index is 6.07. The lowest BCUT2D eigenvalue weighted by Gasteiger charge is -2.23. The average Bonchev–Trinajstić information content (AvgIpc) is 2.57. The van der Waals surface area contributed by atoms with Gasteiger partial charge in [0.1, 0.15) is 7.55 Å². The molecule has 2 rings (SSSR count). The molecule has 2 fully saturated rings. The third-order valence-corrected chi connectivity index (χ3v) is 5.47. The van der Waals surface area contributed by atoms with E-state index in [0.29, 0.717) is 13.1 Å². The Morgan fingerprint density at radius 3 is 3.00 bits per heavy atom. The van der Waals surface area contributed by atoms with Gasteiger partial charge in [-0.2, -0.15) is 0 Å². The van der Waals surface area contributed by atoms with Gasteiger partial charge in [-0.1, -0.05) is 0 Å². The number of nitrogens with zero attached hydrogens (tertiary/aromatic N) is 1. The zero-order valence-electron chi connectivity index (χ0n) is 8.79. The van der Waals surface area contributed by atoms with Gasteiger partial charge >= 0.3 is 7.05 Å². The summed E-state index contributed by atoms with van der Waals surface area (Å²) in [7, 11) is 0.0535. The largest absolute Gasteiger partial charge is 0.383 e. The van der Waals surface area contributed by atoms with Crippen LogP contribution >= 0.6 is 7.55 Å². The first kappa shape index (κ1) is 9.70. The van der Waals surface area contributed by atoms with Crippen LogP contribution in [0.3, 0.4) is 0 Å². The minimum absolute atomic E-state index is 0.0469. The fourth-order valence-electron chi connectivity index (χ4n) is 2.64. The summed E-state index contributed by atoms with van der Waals surface area (Å²) in [4.78, 5) is 2.50. The van der Waals surface area contributed by atoms with Crippen molar-refractivity contribution in [2.45, 2.75) is 38.0 Å². The Bertz CT molecular complexity index is 248. The van der Waals surface area contributed by atoms with Crippen molar-refractivity contribution in [3.05, 3.63) is 0 Å². The molecule has 2 saturated heterocycles. The minimum Gasteiger partial charge on any atom is -0.378 e. The fraction of sp³-hybridized carbons (Fsp3) is 0.889. The molecule has 0 aromatic heterocycles. The van der Waals surface area contributed by atoms with Gasteiger partial charge in [0.2, 0.25) is 5.34 Å². The summed E-state index contributed by atoms with van der Waals surface area (Å²) in [6.07, 6.45) is 6.83. The molecule has 2 nitrogen and oxygen atoms in total. The highest BCUT2D eigenvalue weighted by atomic mass is 31.1. The SMILES string of the molecule is C=[P+](C)C1(C)OB(C)N2CCCC21. The Morgan fingerprint density at radius 2 is 2.38 bits per heavy atom. The highest BCUT2D eigenvalue weighted by molar-refractivity contribution is 7.56. The fourth-order valence-corrected chi connectivity index (χ4v) is 3.75. The second kappa shape index (κ2) is 3.08. The molecule has 3 atom stereocenters. The van der Waals surface area contributed by atoms with Crippen molar-refractivity contribution < 1.29 is 4.65 Å². The van der Waals surface area contributed by atoms with Crippen LogP contribution in [0.5, 0.6) is 0 Å². The molecule has 0 amide bonds. The lowest BCUT2D eigenvalue weighted by Crippen LogP contribution is -2.37. The zero-order valence-corrected chi connectivity index (χ0v) is 9.68. The number of hydrogen-bond acceptors (Lipinski definition) is 2. The smallest absolute Gasteiger partial charge is 0.378 e. The molecular formula is C9H18BNOP+. The second-order valence-corrected chi connectivity index (χ2v) is 6.65. The Morgan fingerprint density at radius 1 is 1.69 bits per heavy atom. The molecule has 0 aliphatic carbocycles. The summed E-state index contributed by atoms with van der Waals surface area (Å²) in [5.74, 6) is 0. The lowest BCUT2D eigenvalue weighted by atomic mass is 9.86. The van der Waals surface area contributed by atoms with Gasteiger partial charge < -0.3 is 9.47 Å². The molecule has 4 heteroatoms. The van der Waals surface area contributed by atoms with Crippen molar-refractivity contribution in [2.75, 3.05) is 13.2 Å². The molecule has 0 saturated carbocycles. The molecule has 0 spiro atoms. The van der Waals surface area contributed by atoms with Crippen molar-refractivity contribution in [3.63, 3.8) is 0 Å². The highest BCUT2D eigenvalue weighted by Crippen LogP contribution is 2.49. The summed E-state index contributed by atoms with van der Waals surface area (Å²) in [6, 6.07) is 0.635. The first-order valence-electron chi connectivity index (χ1n) is 5.03. The summed E-state index contributed by atoms with van der Waals surface area (Å²) >= 11 is 0. The Kier molecular flexibility index (Phi) is 2.30. The van der Waals surface area contributed by atoms with Crippen molar-refractivity contribution in [1.82, 2.24) is 4.81 Å². The maximum absolute atomic E-state index is 6.07. The van der Waals surface area contributed by atoms with E-state index in [2.05, 4.69) is 31.5 Å². The van der Waals surface area contributed by atoms with Gasteiger partial charge in [-0.3, -0.25) is 0 Å². The van der Waals surface area contributed by atoms with Crippen molar-refractivity contribution in [3.8, 4) is 0 Å². The molecule has 0 aromatic carbocycles. The van der Waals surface area contributed by atoms with E-state index < -0.39 is 0 Å². The molecule has 0 N–H and O–H groups in total. The molecule has 3 unspecified atom stereocenters. The summed E-state index contributed by atoms with van der Waals surface area (Å²) in [6.45, 7) is 7.86. The third-order valence-electron chi connectivity index (χ3n) is 3.55. The van der Waals surface area contributed by atoms with E-state index in [1.165, 1.54) is 19.4 Å². The van der Waals surface area contributed by atoms with E-state index in [1.54, 1.807) is 0 Å². The van der Waals surface area contributed by atoms with Crippen molar-refractivity contribution in [1.29, 1.82) is 0 Å². The van der Waals surface area contributed by atoms with E-state index in [-0.39, 0.29) is 12.9 Å². The van der Waals surface area contributed by atoms with E-state index in [1.807, 2.05) is 0 Å². The molecule has 0 aromatic rings. The minimum atomic E-state index is -0.256. The molecule has 2 heterocycles. The van der Waals surface area contributed by atoms with Gasteiger partial charge in [-0.25, -0.2) is 0 Å². The first-order chi connectivity index (χ1) is 6.05. The quantitative estimate of drug-likeness (QED) is 0.471. The van der Waals surface area contributed by atoms with Gasteiger partial charge in [-0.05, 0) is 26.2 Å². The summed E-state index contributed by atoms with van der Waals surface area (Å²) in [5, 5.41) is 0.0469. The van der Waals surface area contributed by atoms with E-state index >= 15 is 0 Å². The Hall–Kier alpha value is 0.155. The molecule has 2 aliphatic heterocycles. The van der Waals surface area contributed by atoms with E-state index in [4.69, 9.17) is 4.65 Å². The van der Waals surface area contributed by atoms with Gasteiger partial charge in [0.15, 0.2) is 0 Å². The third kappa shape index (κ3) is 1.29. The maximum Gasteiger partial charge on any atom is 0.383 e. The zero-order chi connectivity index (χ0) is 9.64. The average molecular weight is 198 g/mol. The molecule has 0 bridgehead atoms. The van der Waals surface area contributed by atoms with Crippen molar-refractivity contribution >= 4 is 20.9 Å². The molecule has 72 valence electrons. The van der Waals surface area contributed by atoms with Crippen LogP contribution in [-0.4, -0.2) is 42.8 Å². The van der Waals surface area contributed by atoms with Crippen LogP contribution in [0.4, 0.5) is 0 Å². The van der Waals surface area contributed by atoms with Crippen molar-refractivity contribution in [2.24, 2.45) is 0 Å². The van der Waals surface area contributed by atoms with Crippen LogP contribution in [0.1, 0.15) is 19.8 Å². The monoisotopic (exact) mass is 198 g/mol. The summed E-state index contributed by atoms with van der Waals surface area (Å²) < 4.78 is 6.07. The number of fused-ring (bicyclic) bond motifs is 1. The number of hydrogen-bond donors (Lipinski definition) is 0. The van der Waals surface area contributed by atoms with Crippen LogP contribution in [-0.2, 0) is 4.65 Å². The lowest BCUT2D eigenvalue weighted by molar-refractivity contribution is 0.180. The predicted octanol–water partition coefficient (Wildman–Crippen LogP) is 1.86. The van der Waals surface area contributed by atoms with Crippen LogP contribution in [0, 0.1) is 0 Å². The van der Waals surface area contributed by atoms with Gasteiger partial charge in [-0.15, -0.1) is 0 Å². The first-order valence-corrected chi connectivity index (χ1v) is 7.01. The standard InChI is InChI=1S/C9H18BNOP/c1-9(13(3)4)8-6-5-7-11(8)10(2)12-9/h8H,3,5-7H2,1-2,4H3/q+1. The highest BCUT2D eigenvalue weighted by Gasteiger charge is 2.58. The second-order valence-electron chi connectivity index (χ2n) is 4.37. The molecule has 0 radical (unpaired) electrons. The van der Waals surface area contributed by atoms with Crippen LogP contribution in [0.2, 0.25) is 6.82 Å². The molecule has 2 aliphatic rings.